The molecule has 0 bridgehead atoms. The minimum Gasteiger partial charge on any atom is -0.479 e. The second kappa shape index (κ2) is 5.63. The van der Waals surface area contributed by atoms with Crippen molar-refractivity contribution in [1.29, 1.82) is 0 Å². The summed E-state index contributed by atoms with van der Waals surface area (Å²) in [7, 11) is 0. The van der Waals surface area contributed by atoms with E-state index in [4.69, 9.17) is 0 Å². The van der Waals surface area contributed by atoms with Crippen LogP contribution in [0.5, 0.6) is 0 Å². The number of carbonyl (C=O) groups excluding carboxylic acids is 1. The quantitative estimate of drug-likeness (QED) is 0.909. The van der Waals surface area contributed by atoms with Gasteiger partial charge in [-0.25, -0.2) is 4.79 Å². The fourth-order valence-electron chi connectivity index (χ4n) is 2.74. The van der Waals surface area contributed by atoms with Crippen molar-refractivity contribution in [2.75, 3.05) is 6.54 Å². The van der Waals surface area contributed by atoms with E-state index in [-0.39, 0.29) is 5.91 Å². The Kier molecular flexibility index (Phi) is 4.30. The molecule has 2 heterocycles. The molecule has 1 saturated heterocycles. The Bertz CT molecular complexity index is 502. The van der Waals surface area contributed by atoms with Crippen LogP contribution in [0.15, 0.2) is 15.9 Å². The van der Waals surface area contributed by atoms with Gasteiger partial charge in [0.25, 0.3) is 5.91 Å². The van der Waals surface area contributed by atoms with Gasteiger partial charge in [0.05, 0.1) is 8.66 Å². The van der Waals surface area contributed by atoms with E-state index in [1.165, 1.54) is 11.3 Å². The van der Waals surface area contributed by atoms with Gasteiger partial charge in [0, 0.05) is 6.54 Å². The SMILES string of the molecule is CCCC1(C(=O)O)CCCN1C(=O)c1ccc(Br)s1. The summed E-state index contributed by atoms with van der Waals surface area (Å²) in [5, 5.41) is 9.57. The maximum absolute atomic E-state index is 12.5. The first kappa shape index (κ1) is 14.5. The number of nitrogens with zero attached hydrogens (tertiary/aromatic N) is 1. The molecule has 6 heteroatoms. The van der Waals surface area contributed by atoms with E-state index < -0.39 is 11.5 Å². The van der Waals surface area contributed by atoms with Crippen LogP contribution in [0.4, 0.5) is 0 Å². The van der Waals surface area contributed by atoms with Gasteiger partial charge >= 0.3 is 5.97 Å². The number of hydrogen-bond donors (Lipinski definition) is 1. The molecule has 1 atom stereocenters. The molecule has 0 aromatic carbocycles. The lowest BCUT2D eigenvalue weighted by Gasteiger charge is -2.34. The largest absolute Gasteiger partial charge is 0.479 e. The molecule has 1 aliphatic rings. The summed E-state index contributed by atoms with van der Waals surface area (Å²) in [5.41, 5.74) is -1.01. The molecule has 0 radical (unpaired) electrons. The summed E-state index contributed by atoms with van der Waals surface area (Å²) in [6.07, 6.45) is 2.57. The van der Waals surface area contributed by atoms with E-state index in [9.17, 15) is 14.7 Å². The van der Waals surface area contributed by atoms with Crippen molar-refractivity contribution in [2.45, 2.75) is 38.1 Å². The van der Waals surface area contributed by atoms with Crippen molar-refractivity contribution >= 4 is 39.1 Å². The van der Waals surface area contributed by atoms with E-state index in [2.05, 4.69) is 15.9 Å². The first-order valence-electron chi connectivity index (χ1n) is 6.32. The Hall–Kier alpha value is -0.880. The molecule has 1 unspecified atom stereocenters. The second-order valence-corrected chi connectivity index (χ2v) is 7.21. The number of hydrogen-bond acceptors (Lipinski definition) is 3. The predicted molar refractivity (Wildman–Crippen MR) is 77.6 cm³/mol. The second-order valence-electron chi connectivity index (χ2n) is 4.75. The Labute approximate surface area is 124 Å². The fourth-order valence-corrected chi connectivity index (χ4v) is 4.07. The molecule has 19 heavy (non-hydrogen) atoms. The summed E-state index contributed by atoms with van der Waals surface area (Å²) >= 11 is 4.67. The van der Waals surface area contributed by atoms with E-state index in [0.29, 0.717) is 24.3 Å². The predicted octanol–water partition coefficient (Wildman–Crippen LogP) is 3.37. The average molecular weight is 346 g/mol. The van der Waals surface area contributed by atoms with Crippen molar-refractivity contribution in [1.82, 2.24) is 4.90 Å². The van der Waals surface area contributed by atoms with E-state index >= 15 is 0 Å². The Morgan fingerprint density at radius 2 is 2.26 bits per heavy atom. The minimum absolute atomic E-state index is 0.163. The van der Waals surface area contributed by atoms with Crippen molar-refractivity contribution < 1.29 is 14.7 Å². The number of likely N-dealkylation sites (tertiary alicyclic amines) is 1. The first-order chi connectivity index (χ1) is 9.01. The molecule has 1 amide bonds. The molecule has 4 nitrogen and oxygen atoms in total. The Balaban J connectivity index is 2.31. The number of thiophene rings is 1. The maximum atomic E-state index is 12.5. The number of carboxylic acid groups (broad SMARTS) is 1. The van der Waals surface area contributed by atoms with Gasteiger partial charge < -0.3 is 10.0 Å². The van der Waals surface area contributed by atoms with Crippen LogP contribution in [0.25, 0.3) is 0 Å². The molecule has 1 aliphatic heterocycles. The summed E-state index contributed by atoms with van der Waals surface area (Å²) < 4.78 is 0.881. The van der Waals surface area contributed by atoms with Crippen LogP contribution < -0.4 is 0 Å². The molecular formula is C13H16BrNO3S. The Morgan fingerprint density at radius 1 is 1.53 bits per heavy atom. The van der Waals surface area contributed by atoms with Crippen LogP contribution in [-0.4, -0.2) is 34.0 Å². The van der Waals surface area contributed by atoms with Crippen LogP contribution in [0.3, 0.4) is 0 Å². The maximum Gasteiger partial charge on any atom is 0.329 e. The number of amides is 1. The minimum atomic E-state index is -1.01. The third-order valence-corrected chi connectivity index (χ3v) is 5.19. The lowest BCUT2D eigenvalue weighted by atomic mass is 9.90. The van der Waals surface area contributed by atoms with Gasteiger partial charge in [-0.05, 0) is 47.3 Å². The molecule has 0 saturated carbocycles. The highest BCUT2D eigenvalue weighted by Gasteiger charge is 2.49. The third kappa shape index (κ3) is 2.56. The number of halogens is 1. The van der Waals surface area contributed by atoms with Crippen LogP contribution in [0.1, 0.15) is 42.3 Å². The topological polar surface area (TPSA) is 57.6 Å². The highest BCUT2D eigenvalue weighted by atomic mass is 79.9. The summed E-state index contributed by atoms with van der Waals surface area (Å²) in [6.45, 7) is 2.48. The van der Waals surface area contributed by atoms with Crippen molar-refractivity contribution in [3.05, 3.63) is 20.8 Å². The first-order valence-corrected chi connectivity index (χ1v) is 7.93. The number of rotatable bonds is 4. The summed E-state index contributed by atoms with van der Waals surface area (Å²) in [5.74, 6) is -1.04. The van der Waals surface area contributed by atoms with E-state index in [1.807, 2.05) is 13.0 Å². The van der Waals surface area contributed by atoms with Crippen LogP contribution in [0, 0.1) is 0 Å². The highest BCUT2D eigenvalue weighted by molar-refractivity contribution is 9.11. The smallest absolute Gasteiger partial charge is 0.329 e. The van der Waals surface area contributed by atoms with E-state index in [1.54, 1.807) is 11.0 Å². The summed E-state index contributed by atoms with van der Waals surface area (Å²) in [6, 6.07) is 3.56. The molecule has 2 rings (SSSR count). The van der Waals surface area contributed by atoms with Gasteiger partial charge in [0.1, 0.15) is 5.54 Å². The Morgan fingerprint density at radius 3 is 2.79 bits per heavy atom. The van der Waals surface area contributed by atoms with Crippen LogP contribution >= 0.6 is 27.3 Å². The molecule has 104 valence electrons. The lowest BCUT2D eigenvalue weighted by Crippen LogP contribution is -2.52. The van der Waals surface area contributed by atoms with Gasteiger partial charge in [-0.15, -0.1) is 11.3 Å². The molecular weight excluding hydrogens is 330 g/mol. The zero-order chi connectivity index (χ0) is 14.0. The molecule has 1 fully saturated rings. The summed E-state index contributed by atoms with van der Waals surface area (Å²) in [4.78, 5) is 26.3. The number of carbonyl (C=O) groups is 2. The van der Waals surface area contributed by atoms with Gasteiger partial charge in [-0.1, -0.05) is 13.3 Å². The van der Waals surface area contributed by atoms with Gasteiger partial charge in [-0.2, -0.15) is 0 Å². The zero-order valence-electron chi connectivity index (χ0n) is 10.7. The van der Waals surface area contributed by atoms with Gasteiger partial charge in [0.15, 0.2) is 0 Å². The molecule has 1 N–H and O–H groups in total. The van der Waals surface area contributed by atoms with Crippen molar-refractivity contribution in [3.8, 4) is 0 Å². The lowest BCUT2D eigenvalue weighted by molar-refractivity contribution is -0.148. The number of aliphatic carboxylic acids is 1. The van der Waals surface area contributed by atoms with Crippen LogP contribution in [0.2, 0.25) is 0 Å². The molecule has 0 aliphatic carbocycles. The standard InChI is InChI=1S/C13H16BrNO3S/c1-2-6-13(12(17)18)7-3-8-15(13)11(16)9-4-5-10(14)19-9/h4-5H,2-3,6-8H2,1H3,(H,17,18). The zero-order valence-corrected chi connectivity index (χ0v) is 13.1. The van der Waals surface area contributed by atoms with Crippen molar-refractivity contribution in [3.63, 3.8) is 0 Å². The number of carboxylic acids is 1. The van der Waals surface area contributed by atoms with Crippen LogP contribution in [-0.2, 0) is 4.79 Å². The third-order valence-electron chi connectivity index (χ3n) is 3.58. The average Bonchev–Trinajstić information content (AvgIpc) is 2.96. The van der Waals surface area contributed by atoms with E-state index in [0.717, 1.165) is 16.6 Å². The highest BCUT2D eigenvalue weighted by Crippen LogP contribution is 2.36. The van der Waals surface area contributed by atoms with Crippen molar-refractivity contribution in [2.24, 2.45) is 0 Å². The monoisotopic (exact) mass is 345 g/mol. The molecule has 1 aromatic heterocycles. The molecule has 1 aromatic rings. The van der Waals surface area contributed by atoms with Gasteiger partial charge in [-0.3, -0.25) is 4.79 Å². The van der Waals surface area contributed by atoms with Gasteiger partial charge in [0.2, 0.25) is 0 Å². The normalized spacial score (nSPS) is 22.7. The fraction of sp³-hybridized carbons (Fsp3) is 0.538. The molecule has 0 spiro atoms.